The Morgan fingerprint density at radius 1 is 1.12 bits per heavy atom. The van der Waals surface area contributed by atoms with Gasteiger partial charge in [0.15, 0.2) is 0 Å². The number of aryl methyl sites for hydroxylation is 1. The molecule has 0 saturated heterocycles. The predicted molar refractivity (Wildman–Crippen MR) is 111 cm³/mol. The third kappa shape index (κ3) is 4.38. The molecule has 3 aromatic rings. The molecular formula is C22H20ClN3. The fourth-order valence-electron chi connectivity index (χ4n) is 2.55. The van der Waals surface area contributed by atoms with Crippen LogP contribution < -0.4 is 5.73 Å². The van der Waals surface area contributed by atoms with Gasteiger partial charge in [-0.15, -0.1) is 0 Å². The summed E-state index contributed by atoms with van der Waals surface area (Å²) in [6.07, 6.45) is 2.46. The van der Waals surface area contributed by atoms with Gasteiger partial charge in [0.2, 0.25) is 0 Å². The number of nitrogen functional groups attached to an aromatic ring is 1. The maximum atomic E-state index is 5.96. The molecule has 1 heterocycles. The summed E-state index contributed by atoms with van der Waals surface area (Å²) in [5, 5.41) is 0.732. The second-order valence-electron chi connectivity index (χ2n) is 6.10. The van der Waals surface area contributed by atoms with Crippen LogP contribution in [0.1, 0.15) is 28.1 Å². The van der Waals surface area contributed by atoms with Crippen molar-refractivity contribution in [2.45, 2.75) is 13.3 Å². The summed E-state index contributed by atoms with van der Waals surface area (Å²) in [6, 6.07) is 19.4. The molecule has 130 valence electrons. The van der Waals surface area contributed by atoms with E-state index in [9.17, 15) is 0 Å². The Bertz CT molecular complexity index is 959. The maximum Gasteiger partial charge on any atom is 0.0883 e. The van der Waals surface area contributed by atoms with E-state index in [0.717, 1.165) is 39.5 Å². The highest BCUT2D eigenvalue weighted by atomic mass is 35.5. The first kappa shape index (κ1) is 17.9. The molecule has 0 spiro atoms. The summed E-state index contributed by atoms with van der Waals surface area (Å²) in [7, 11) is 0. The number of benzene rings is 2. The molecule has 0 aliphatic rings. The molecule has 4 heteroatoms. The lowest BCUT2D eigenvalue weighted by molar-refractivity contribution is 1.03. The smallest absolute Gasteiger partial charge is 0.0883 e. The zero-order valence-electron chi connectivity index (χ0n) is 14.6. The number of hydrogen-bond donors (Lipinski definition) is 1. The highest BCUT2D eigenvalue weighted by Gasteiger charge is 2.06. The van der Waals surface area contributed by atoms with E-state index in [2.05, 4.69) is 18.5 Å². The van der Waals surface area contributed by atoms with Crippen LogP contribution in [0, 0.1) is 6.92 Å². The fourth-order valence-corrected chi connectivity index (χ4v) is 2.67. The third-order valence-corrected chi connectivity index (χ3v) is 4.39. The van der Waals surface area contributed by atoms with Gasteiger partial charge < -0.3 is 5.73 Å². The molecule has 0 radical (unpaired) electrons. The van der Waals surface area contributed by atoms with Crippen LogP contribution in [-0.2, 0) is 6.42 Å². The molecule has 2 N–H and O–H groups in total. The zero-order valence-corrected chi connectivity index (χ0v) is 15.4. The van der Waals surface area contributed by atoms with Crippen molar-refractivity contribution in [3.8, 4) is 0 Å². The van der Waals surface area contributed by atoms with Crippen LogP contribution in [0.3, 0.4) is 0 Å². The van der Waals surface area contributed by atoms with Crippen molar-refractivity contribution >= 4 is 29.2 Å². The van der Waals surface area contributed by atoms with Gasteiger partial charge >= 0.3 is 0 Å². The monoisotopic (exact) mass is 361 g/mol. The molecule has 0 amide bonds. The highest BCUT2D eigenvalue weighted by Crippen LogP contribution is 2.19. The Balaban J connectivity index is 1.81. The lowest BCUT2D eigenvalue weighted by Crippen LogP contribution is -1.99. The maximum absolute atomic E-state index is 5.96. The number of nitrogens with zero attached hydrogens (tertiary/aromatic N) is 2. The molecule has 0 fully saturated rings. The minimum Gasteiger partial charge on any atom is -0.398 e. The lowest BCUT2D eigenvalue weighted by Gasteiger charge is -2.08. The number of aliphatic imine (C=N–C) groups is 1. The Kier molecular flexibility index (Phi) is 5.49. The van der Waals surface area contributed by atoms with Gasteiger partial charge in [-0.1, -0.05) is 54.6 Å². The average Bonchev–Trinajstić information content (AvgIpc) is 2.64. The molecule has 3 rings (SSSR count). The van der Waals surface area contributed by atoms with Crippen molar-refractivity contribution < 1.29 is 0 Å². The Morgan fingerprint density at radius 3 is 2.58 bits per heavy atom. The average molecular weight is 362 g/mol. The first-order valence-corrected chi connectivity index (χ1v) is 8.69. The molecule has 0 unspecified atom stereocenters. The van der Waals surface area contributed by atoms with E-state index in [0.29, 0.717) is 11.4 Å². The quantitative estimate of drug-likeness (QED) is 0.494. The minimum atomic E-state index is 0.602. The molecule has 0 aliphatic heterocycles. The number of rotatable bonds is 5. The number of pyridine rings is 1. The Hall–Kier alpha value is -2.91. The van der Waals surface area contributed by atoms with Gasteiger partial charge in [0.25, 0.3) is 0 Å². The van der Waals surface area contributed by atoms with E-state index in [1.165, 1.54) is 0 Å². The number of aromatic nitrogens is 1. The minimum absolute atomic E-state index is 0.602. The van der Waals surface area contributed by atoms with Crippen LogP contribution in [0.15, 0.2) is 72.2 Å². The lowest BCUT2D eigenvalue weighted by atomic mass is 10.1. The molecule has 0 atom stereocenters. The molecule has 1 aromatic heterocycles. The van der Waals surface area contributed by atoms with Crippen molar-refractivity contribution in [2.75, 3.05) is 5.73 Å². The fraction of sp³-hybridized carbons (Fsp3) is 0.0909. The third-order valence-electron chi connectivity index (χ3n) is 4.14. The van der Waals surface area contributed by atoms with Crippen LogP contribution in [-0.4, -0.2) is 11.2 Å². The van der Waals surface area contributed by atoms with E-state index in [4.69, 9.17) is 22.3 Å². The van der Waals surface area contributed by atoms with Crippen LogP contribution >= 0.6 is 11.6 Å². The van der Waals surface area contributed by atoms with Crippen molar-refractivity contribution in [3.63, 3.8) is 0 Å². The van der Waals surface area contributed by atoms with Gasteiger partial charge in [0.1, 0.15) is 0 Å². The van der Waals surface area contributed by atoms with Crippen molar-refractivity contribution in [3.05, 3.63) is 100 Å². The first-order valence-electron chi connectivity index (χ1n) is 8.32. The van der Waals surface area contributed by atoms with E-state index in [-0.39, 0.29) is 0 Å². The van der Waals surface area contributed by atoms with Crippen LogP contribution in [0.25, 0.3) is 5.70 Å². The molecular weight excluding hydrogens is 342 g/mol. The molecule has 2 aromatic carbocycles. The van der Waals surface area contributed by atoms with E-state index < -0.39 is 0 Å². The van der Waals surface area contributed by atoms with Gasteiger partial charge in [0.05, 0.1) is 11.4 Å². The van der Waals surface area contributed by atoms with E-state index >= 15 is 0 Å². The van der Waals surface area contributed by atoms with Gasteiger partial charge in [-0.3, -0.25) is 9.98 Å². The van der Waals surface area contributed by atoms with Gasteiger partial charge in [0, 0.05) is 34.6 Å². The Morgan fingerprint density at radius 2 is 1.85 bits per heavy atom. The normalized spacial score (nSPS) is 11.0. The SMILES string of the molecule is C=C(N=Cc1ccccc1N)c1ccc(C)c(Cc2ccc(Cl)cc2)n1. The number of halogens is 1. The number of nitrogens with two attached hydrogens (primary N) is 1. The van der Waals surface area contributed by atoms with Crippen LogP contribution in [0.4, 0.5) is 5.69 Å². The topological polar surface area (TPSA) is 51.3 Å². The predicted octanol–water partition coefficient (Wildman–Crippen LogP) is 5.31. The number of para-hydroxylation sites is 1. The van der Waals surface area contributed by atoms with Gasteiger partial charge in [-0.05, 0) is 42.3 Å². The summed E-state index contributed by atoms with van der Waals surface area (Å²) in [5.41, 5.74) is 12.1. The molecule has 0 bridgehead atoms. The Labute approximate surface area is 158 Å². The zero-order chi connectivity index (χ0) is 18.5. The summed E-state index contributed by atoms with van der Waals surface area (Å²) >= 11 is 5.96. The molecule has 0 aliphatic carbocycles. The largest absolute Gasteiger partial charge is 0.398 e. The van der Waals surface area contributed by atoms with E-state index in [1.807, 2.05) is 60.7 Å². The highest BCUT2D eigenvalue weighted by molar-refractivity contribution is 6.30. The van der Waals surface area contributed by atoms with Crippen LogP contribution in [0.5, 0.6) is 0 Å². The summed E-state index contributed by atoms with van der Waals surface area (Å²) in [6.45, 7) is 6.09. The van der Waals surface area contributed by atoms with Gasteiger partial charge in [-0.2, -0.15) is 0 Å². The standard InChI is InChI=1S/C22H20ClN3/c1-15-7-12-21(16(2)25-14-18-5-3-4-6-20(18)24)26-22(15)13-17-8-10-19(23)11-9-17/h3-12,14H,2,13,24H2,1H3. The second-order valence-corrected chi connectivity index (χ2v) is 6.53. The molecule has 0 saturated carbocycles. The van der Waals surface area contributed by atoms with Crippen LogP contribution in [0.2, 0.25) is 5.02 Å². The van der Waals surface area contributed by atoms with Gasteiger partial charge in [-0.25, -0.2) is 0 Å². The summed E-state index contributed by atoms with van der Waals surface area (Å²) < 4.78 is 0. The number of anilines is 1. The van der Waals surface area contributed by atoms with E-state index in [1.54, 1.807) is 6.21 Å². The van der Waals surface area contributed by atoms with Crippen molar-refractivity contribution in [1.29, 1.82) is 0 Å². The van der Waals surface area contributed by atoms with Crippen molar-refractivity contribution in [1.82, 2.24) is 4.98 Å². The summed E-state index contributed by atoms with van der Waals surface area (Å²) in [5.74, 6) is 0. The summed E-state index contributed by atoms with van der Waals surface area (Å²) in [4.78, 5) is 9.18. The molecule has 26 heavy (non-hydrogen) atoms. The van der Waals surface area contributed by atoms with Crippen molar-refractivity contribution in [2.24, 2.45) is 4.99 Å². The first-order chi connectivity index (χ1) is 12.5. The molecule has 3 nitrogen and oxygen atoms in total. The second kappa shape index (κ2) is 7.98. The number of hydrogen-bond acceptors (Lipinski definition) is 3.